The highest BCUT2D eigenvalue weighted by molar-refractivity contribution is 5.99. The summed E-state index contributed by atoms with van der Waals surface area (Å²) in [6, 6.07) is -14.1. The molecule has 5 unspecified atom stereocenters. The maximum atomic E-state index is 14.7. The number of esters is 1. The summed E-state index contributed by atoms with van der Waals surface area (Å²) >= 11 is 0. The van der Waals surface area contributed by atoms with Gasteiger partial charge in [0.05, 0.1) is 25.7 Å². The molecule has 12 atom stereocenters. The fourth-order valence-electron chi connectivity index (χ4n) is 8.97. The molecular weight excluding hydrogens is 1050 g/mol. The number of hydrogen-bond acceptors (Lipinski definition) is 15. The van der Waals surface area contributed by atoms with E-state index in [1.807, 2.05) is 0 Å². The number of carboxylic acid groups (broad SMARTS) is 1. The number of carbonyl (C=O) groups is 11. The van der Waals surface area contributed by atoms with Crippen LogP contribution in [-0.4, -0.2) is 165 Å². The summed E-state index contributed by atoms with van der Waals surface area (Å²) in [5.41, 5.74) is 0. The van der Waals surface area contributed by atoms with Crippen LogP contribution in [0, 0.1) is 29.6 Å². The van der Waals surface area contributed by atoms with Crippen molar-refractivity contribution in [1.82, 2.24) is 47.9 Å². The molecule has 81 heavy (non-hydrogen) atoms. The van der Waals surface area contributed by atoms with Crippen LogP contribution in [0.4, 0.5) is 0 Å². The smallest absolute Gasteiger partial charge is 0.329 e. The van der Waals surface area contributed by atoms with Gasteiger partial charge in [0.2, 0.25) is 53.2 Å². The highest BCUT2D eigenvalue weighted by Gasteiger charge is 2.40. The van der Waals surface area contributed by atoms with Crippen LogP contribution >= 0.6 is 0 Å². The summed E-state index contributed by atoms with van der Waals surface area (Å²) in [5.74, 6) is -13.4. The number of cyclic esters (lactones) is 1. The van der Waals surface area contributed by atoms with Crippen molar-refractivity contribution in [2.24, 2.45) is 29.6 Å². The number of aliphatic carboxylic acids is 1. The quantitative estimate of drug-likeness (QED) is 0.0365. The minimum absolute atomic E-state index is 0.00994. The van der Waals surface area contributed by atoms with E-state index in [2.05, 4.69) is 54.8 Å². The summed E-state index contributed by atoms with van der Waals surface area (Å²) < 4.78 is 5.83. The molecule has 0 saturated carbocycles. The van der Waals surface area contributed by atoms with Gasteiger partial charge in [0.25, 0.3) is 0 Å². The first-order valence-corrected chi connectivity index (χ1v) is 29.0. The molecule has 13 N–H and O–H groups in total. The zero-order valence-electron chi connectivity index (χ0n) is 49.9. The van der Waals surface area contributed by atoms with Crippen molar-refractivity contribution in [1.29, 1.82) is 0 Å². The fourth-order valence-corrected chi connectivity index (χ4v) is 8.97. The third-order valence-corrected chi connectivity index (χ3v) is 13.9. The van der Waals surface area contributed by atoms with Crippen LogP contribution in [0.5, 0.6) is 0 Å². The van der Waals surface area contributed by atoms with Gasteiger partial charge in [-0.15, -0.1) is 0 Å². The molecule has 1 fully saturated rings. The Morgan fingerprint density at radius 3 is 1.53 bits per heavy atom. The first kappa shape index (κ1) is 73.1. The third-order valence-electron chi connectivity index (χ3n) is 13.9. The summed E-state index contributed by atoms with van der Waals surface area (Å²) in [6.45, 7) is 18.3. The van der Waals surface area contributed by atoms with Gasteiger partial charge < -0.3 is 73.0 Å². The van der Waals surface area contributed by atoms with Crippen molar-refractivity contribution >= 4 is 65.1 Å². The zero-order chi connectivity index (χ0) is 61.7. The van der Waals surface area contributed by atoms with E-state index in [0.29, 0.717) is 12.8 Å². The second-order valence-corrected chi connectivity index (χ2v) is 23.1. The summed E-state index contributed by atoms with van der Waals surface area (Å²) in [7, 11) is 0. The lowest BCUT2D eigenvalue weighted by Gasteiger charge is -2.32. The third kappa shape index (κ3) is 27.6. The van der Waals surface area contributed by atoms with Gasteiger partial charge in [-0.2, -0.15) is 0 Å². The lowest BCUT2D eigenvalue weighted by Crippen LogP contribution is -2.64. The first-order valence-electron chi connectivity index (χ1n) is 29.0. The Hall–Kier alpha value is -5.95. The molecule has 0 bridgehead atoms. The molecule has 0 aromatic rings. The molecule has 0 aliphatic carbocycles. The van der Waals surface area contributed by atoms with Gasteiger partial charge in [0.1, 0.15) is 60.5 Å². The number of amides is 9. The molecule has 1 saturated heterocycles. The lowest BCUT2D eigenvalue weighted by molar-refractivity contribution is -0.158. The minimum Gasteiger partial charge on any atom is -0.481 e. The molecule has 25 nitrogen and oxygen atoms in total. The Morgan fingerprint density at radius 1 is 0.568 bits per heavy atom. The first-order chi connectivity index (χ1) is 38.0. The molecule has 0 spiro atoms. The van der Waals surface area contributed by atoms with Gasteiger partial charge in [-0.1, -0.05) is 128 Å². The average molecular weight is 1150 g/mol. The molecule has 0 aromatic heterocycles. The molecule has 1 aliphatic heterocycles. The molecule has 0 aromatic carbocycles. The molecule has 0 radical (unpaired) electrons. The van der Waals surface area contributed by atoms with E-state index in [4.69, 9.17) is 4.74 Å². The number of carbonyl (C=O) groups excluding carboxylic acids is 10. The number of carboxylic acids is 1. The molecule has 1 rings (SSSR count). The molecule has 1 heterocycles. The highest BCUT2D eigenvalue weighted by Crippen LogP contribution is 2.17. The van der Waals surface area contributed by atoms with Gasteiger partial charge in [-0.25, -0.2) is 4.79 Å². The van der Waals surface area contributed by atoms with E-state index in [-0.39, 0.29) is 49.9 Å². The number of aliphatic hydroxyl groups is 3. The van der Waals surface area contributed by atoms with E-state index >= 15 is 0 Å². The van der Waals surface area contributed by atoms with Crippen molar-refractivity contribution < 1.29 is 77.9 Å². The number of hydrogen-bond donors (Lipinski definition) is 13. The highest BCUT2D eigenvalue weighted by atomic mass is 16.5. The van der Waals surface area contributed by atoms with Crippen molar-refractivity contribution in [2.75, 3.05) is 13.2 Å². The minimum atomic E-state index is -1.95. The lowest BCUT2D eigenvalue weighted by atomic mass is 9.98. The summed E-state index contributed by atoms with van der Waals surface area (Å²) in [4.78, 5) is 152. The van der Waals surface area contributed by atoms with Crippen LogP contribution in [0.25, 0.3) is 0 Å². The SMILES string of the molecule is CCCCCCCCC[C@H](O)CC(=O)N[C@@H](CC(C)C)C(=O)N[C@H](CCC(=O)O)C(=O)NC1C(=O)NC(C(C)C)C(=O)N[C@@H](CC(C)C)C(=O)N[C@H](CO)C(=O)N[C@@H](CC(C)C)C(=O)N[C@H](CO)C(=O)NC(C(C)CC)C(=O)OC1C. The predicted octanol–water partition coefficient (Wildman–Crippen LogP) is 0.876. The van der Waals surface area contributed by atoms with E-state index < -0.39 is 170 Å². The van der Waals surface area contributed by atoms with Crippen LogP contribution in [0.2, 0.25) is 0 Å². The van der Waals surface area contributed by atoms with Crippen molar-refractivity contribution in [3.05, 3.63) is 0 Å². The monoisotopic (exact) mass is 1150 g/mol. The Labute approximate surface area is 478 Å². The number of rotatable bonds is 29. The Kier molecular flexibility index (Phi) is 34.2. The molecule has 25 heteroatoms. The van der Waals surface area contributed by atoms with Gasteiger partial charge in [0.15, 0.2) is 0 Å². The normalized spacial score (nSPS) is 23.7. The second kappa shape index (κ2) is 37.9. The molecule has 464 valence electrons. The van der Waals surface area contributed by atoms with Gasteiger partial charge in [-0.05, 0) is 68.6 Å². The van der Waals surface area contributed by atoms with Crippen LogP contribution in [0.3, 0.4) is 0 Å². The summed E-state index contributed by atoms with van der Waals surface area (Å²) in [6.07, 6.45) is 3.49. The number of unbranched alkanes of at least 4 members (excludes halogenated alkanes) is 6. The van der Waals surface area contributed by atoms with Gasteiger partial charge in [0, 0.05) is 6.42 Å². The Morgan fingerprint density at radius 2 is 1.05 bits per heavy atom. The Balaban J connectivity index is 3.93. The fraction of sp³-hybridized carbons (Fsp3) is 0.804. The van der Waals surface area contributed by atoms with Gasteiger partial charge >= 0.3 is 11.9 Å². The topological polar surface area (TPSA) is 386 Å². The van der Waals surface area contributed by atoms with Crippen LogP contribution in [-0.2, 0) is 57.5 Å². The largest absolute Gasteiger partial charge is 0.481 e. The standard InChI is InChI=1S/C56H99N9O16/c1-13-15-16-17-18-19-20-21-36(68)27-43(69)57-38(24-30(3)4)49(73)58-37(22-23-44(70)71)48(72)65-47-35(12)81-56(80)46(34(11)14-2)64-53(77)42(29-67)62-50(74)39(25-31(5)6)59-52(76)41(28-66)61-51(75)40(26-32(7)8)60-54(78)45(33(9)10)63-55(47)79/h30-42,45-47,66-68H,13-29H2,1-12H3,(H,57,69)(H,58,73)(H,59,76)(H,60,78)(H,61,75)(H,62,74)(H,63,79)(H,64,77)(H,65,72)(H,70,71)/t34?,35?,36-,37+,38-,39-,40-,41+,42+,45?,46?,47?/m0/s1. The molecule has 9 amide bonds. The number of nitrogens with one attached hydrogen (secondary N) is 9. The number of ether oxygens (including phenoxy) is 1. The average Bonchev–Trinajstić information content (AvgIpc) is 3.41. The van der Waals surface area contributed by atoms with E-state index in [1.54, 1.807) is 69.2 Å². The molecule has 1 aliphatic rings. The van der Waals surface area contributed by atoms with E-state index in [1.165, 1.54) is 6.92 Å². The van der Waals surface area contributed by atoms with Crippen molar-refractivity contribution in [3.8, 4) is 0 Å². The maximum absolute atomic E-state index is 14.7. The van der Waals surface area contributed by atoms with E-state index in [0.717, 1.165) is 38.5 Å². The summed E-state index contributed by atoms with van der Waals surface area (Å²) in [5, 5.41) is 63.7. The van der Waals surface area contributed by atoms with Crippen molar-refractivity contribution in [2.45, 2.75) is 246 Å². The van der Waals surface area contributed by atoms with Crippen LogP contribution in [0.1, 0.15) is 179 Å². The number of aliphatic hydroxyl groups excluding tert-OH is 3. The van der Waals surface area contributed by atoms with Crippen LogP contribution < -0.4 is 47.9 Å². The van der Waals surface area contributed by atoms with E-state index in [9.17, 15) is 73.2 Å². The van der Waals surface area contributed by atoms with Gasteiger partial charge in [-0.3, -0.25) is 47.9 Å². The Bertz CT molecular complexity index is 2060. The molecular formula is C56H99N9O16. The maximum Gasteiger partial charge on any atom is 0.329 e. The second-order valence-electron chi connectivity index (χ2n) is 23.1. The predicted molar refractivity (Wildman–Crippen MR) is 300 cm³/mol. The zero-order valence-corrected chi connectivity index (χ0v) is 49.9. The van der Waals surface area contributed by atoms with Crippen molar-refractivity contribution in [3.63, 3.8) is 0 Å². The van der Waals surface area contributed by atoms with Crippen LogP contribution in [0.15, 0.2) is 0 Å².